The van der Waals surface area contributed by atoms with Crippen molar-refractivity contribution in [1.82, 2.24) is 19.9 Å². The molecule has 0 spiro atoms. The zero-order chi connectivity index (χ0) is 13.2. The van der Waals surface area contributed by atoms with Gasteiger partial charge in [-0.3, -0.25) is 0 Å². The summed E-state index contributed by atoms with van der Waals surface area (Å²) in [6.07, 6.45) is 3.52. The zero-order valence-corrected chi connectivity index (χ0v) is 10.4. The number of hydrogen-bond donors (Lipinski definition) is 3. The van der Waals surface area contributed by atoms with Crippen LogP contribution in [0.2, 0.25) is 0 Å². The van der Waals surface area contributed by atoms with E-state index in [9.17, 15) is 4.79 Å². The number of hydrogen-bond acceptors (Lipinski definition) is 4. The van der Waals surface area contributed by atoms with E-state index < -0.39 is 0 Å². The van der Waals surface area contributed by atoms with E-state index in [2.05, 4.69) is 25.3 Å². The van der Waals surface area contributed by atoms with Gasteiger partial charge in [0.1, 0.15) is 0 Å². The number of benzene rings is 1. The summed E-state index contributed by atoms with van der Waals surface area (Å²) in [6, 6.07) is 5.69. The van der Waals surface area contributed by atoms with Crippen LogP contribution >= 0.6 is 0 Å². The number of anilines is 1. The molecule has 1 aromatic carbocycles. The Morgan fingerprint density at radius 1 is 1.11 bits per heavy atom. The molecule has 3 N–H and O–H groups in total. The normalized spacial score (nSPS) is 10.8. The summed E-state index contributed by atoms with van der Waals surface area (Å²) in [5.74, 6) is 0.613. The van der Waals surface area contributed by atoms with Crippen LogP contribution < -0.4 is 11.0 Å². The fourth-order valence-electron chi connectivity index (χ4n) is 1.94. The lowest BCUT2D eigenvalue weighted by Crippen LogP contribution is -2.01. The zero-order valence-electron chi connectivity index (χ0n) is 10.4. The van der Waals surface area contributed by atoms with Crippen LogP contribution in [-0.4, -0.2) is 26.5 Å². The molecule has 0 fully saturated rings. The van der Waals surface area contributed by atoms with Gasteiger partial charge in [0.25, 0.3) is 0 Å². The molecule has 3 aromatic rings. The second-order valence-corrected chi connectivity index (χ2v) is 4.17. The molecular formula is C13H13N5O. The number of nitrogens with one attached hydrogen (secondary N) is 3. The molecule has 96 valence electrons. The fourth-order valence-corrected chi connectivity index (χ4v) is 1.94. The summed E-state index contributed by atoms with van der Waals surface area (Å²) in [7, 11) is 0. The quantitative estimate of drug-likeness (QED) is 0.665. The van der Waals surface area contributed by atoms with Crippen molar-refractivity contribution in [1.29, 1.82) is 0 Å². The molecule has 6 nitrogen and oxygen atoms in total. The van der Waals surface area contributed by atoms with E-state index in [0.29, 0.717) is 5.95 Å². The molecule has 0 saturated carbocycles. The first-order valence-electron chi connectivity index (χ1n) is 6.04. The number of rotatable bonds is 3. The van der Waals surface area contributed by atoms with Crippen LogP contribution in [-0.2, 0) is 0 Å². The lowest BCUT2D eigenvalue weighted by Gasteiger charge is -2.03. The third-order valence-electron chi connectivity index (χ3n) is 2.84. The molecule has 0 unspecified atom stereocenters. The van der Waals surface area contributed by atoms with Crippen LogP contribution in [0, 0.1) is 0 Å². The Labute approximate surface area is 108 Å². The van der Waals surface area contributed by atoms with Crippen molar-refractivity contribution in [3.05, 3.63) is 41.1 Å². The smallest absolute Gasteiger partial charge is 0.323 e. The van der Waals surface area contributed by atoms with E-state index in [0.717, 1.165) is 28.7 Å². The molecule has 6 heteroatoms. The van der Waals surface area contributed by atoms with E-state index in [1.807, 2.05) is 25.1 Å². The third-order valence-corrected chi connectivity index (χ3v) is 2.84. The number of imidazole rings is 1. The van der Waals surface area contributed by atoms with Crippen molar-refractivity contribution in [2.45, 2.75) is 6.92 Å². The molecule has 0 saturated heterocycles. The van der Waals surface area contributed by atoms with Gasteiger partial charge in [-0.05, 0) is 24.6 Å². The molecule has 3 rings (SSSR count). The van der Waals surface area contributed by atoms with Crippen molar-refractivity contribution >= 4 is 17.0 Å². The lowest BCUT2D eigenvalue weighted by atomic mass is 10.1. The molecule has 2 heterocycles. The predicted molar refractivity (Wildman–Crippen MR) is 74.1 cm³/mol. The number of aromatic amines is 2. The van der Waals surface area contributed by atoms with Crippen LogP contribution in [0.3, 0.4) is 0 Å². The molecule has 0 aliphatic rings. The first kappa shape index (κ1) is 11.5. The SMILES string of the molecule is CCNc1ncc(-c2ccc3[nH]c(=O)[nH]c3c2)cn1. The molecular weight excluding hydrogens is 242 g/mol. The van der Waals surface area contributed by atoms with Crippen molar-refractivity contribution in [3.63, 3.8) is 0 Å². The van der Waals surface area contributed by atoms with E-state index >= 15 is 0 Å². The van der Waals surface area contributed by atoms with Crippen LogP contribution in [0.1, 0.15) is 6.92 Å². The summed E-state index contributed by atoms with van der Waals surface area (Å²) >= 11 is 0. The Kier molecular flexibility index (Phi) is 2.75. The predicted octanol–water partition coefficient (Wildman–Crippen LogP) is 1.74. The van der Waals surface area contributed by atoms with Gasteiger partial charge in [-0.1, -0.05) is 6.07 Å². The number of H-pyrrole nitrogens is 2. The van der Waals surface area contributed by atoms with E-state index in [-0.39, 0.29) is 5.69 Å². The minimum absolute atomic E-state index is 0.203. The molecule has 0 bridgehead atoms. The summed E-state index contributed by atoms with van der Waals surface area (Å²) < 4.78 is 0. The first-order valence-corrected chi connectivity index (χ1v) is 6.04. The van der Waals surface area contributed by atoms with Gasteiger partial charge in [0.2, 0.25) is 5.95 Å². The third kappa shape index (κ3) is 2.20. The second kappa shape index (κ2) is 4.56. The van der Waals surface area contributed by atoms with Crippen LogP contribution in [0.4, 0.5) is 5.95 Å². The highest BCUT2D eigenvalue weighted by Crippen LogP contribution is 2.21. The van der Waals surface area contributed by atoms with Crippen LogP contribution in [0.5, 0.6) is 0 Å². The van der Waals surface area contributed by atoms with Gasteiger partial charge in [0.15, 0.2) is 0 Å². The van der Waals surface area contributed by atoms with E-state index in [1.54, 1.807) is 12.4 Å². The Hall–Kier alpha value is -2.63. The van der Waals surface area contributed by atoms with Crippen molar-refractivity contribution < 1.29 is 0 Å². The topological polar surface area (TPSA) is 86.5 Å². The van der Waals surface area contributed by atoms with Gasteiger partial charge in [0, 0.05) is 24.5 Å². The molecule has 19 heavy (non-hydrogen) atoms. The van der Waals surface area contributed by atoms with Gasteiger partial charge in [-0.15, -0.1) is 0 Å². The summed E-state index contributed by atoms with van der Waals surface area (Å²) in [5.41, 5.74) is 3.24. The number of nitrogens with zero attached hydrogens (tertiary/aromatic N) is 2. The highest BCUT2D eigenvalue weighted by molar-refractivity contribution is 5.81. The number of fused-ring (bicyclic) bond motifs is 1. The molecule has 0 aliphatic heterocycles. The Balaban J connectivity index is 2.00. The van der Waals surface area contributed by atoms with Crippen molar-refractivity contribution in [2.24, 2.45) is 0 Å². The van der Waals surface area contributed by atoms with Gasteiger partial charge in [-0.25, -0.2) is 14.8 Å². The average molecular weight is 255 g/mol. The minimum atomic E-state index is -0.203. The monoisotopic (exact) mass is 255 g/mol. The second-order valence-electron chi connectivity index (χ2n) is 4.17. The Morgan fingerprint density at radius 2 is 1.84 bits per heavy atom. The Morgan fingerprint density at radius 3 is 2.58 bits per heavy atom. The molecule has 2 aromatic heterocycles. The highest BCUT2D eigenvalue weighted by Gasteiger charge is 2.03. The average Bonchev–Trinajstić information content (AvgIpc) is 2.79. The maximum absolute atomic E-state index is 11.2. The summed E-state index contributed by atoms with van der Waals surface area (Å²) in [5, 5.41) is 3.04. The molecule has 0 amide bonds. The summed E-state index contributed by atoms with van der Waals surface area (Å²) in [4.78, 5) is 25.1. The van der Waals surface area contributed by atoms with E-state index in [1.165, 1.54) is 0 Å². The van der Waals surface area contributed by atoms with E-state index in [4.69, 9.17) is 0 Å². The molecule has 0 aliphatic carbocycles. The van der Waals surface area contributed by atoms with Crippen molar-refractivity contribution in [2.75, 3.05) is 11.9 Å². The Bertz CT molecular complexity index is 757. The van der Waals surface area contributed by atoms with Gasteiger partial charge in [0.05, 0.1) is 11.0 Å². The largest absolute Gasteiger partial charge is 0.355 e. The fraction of sp³-hybridized carbons (Fsp3) is 0.154. The maximum atomic E-state index is 11.2. The van der Waals surface area contributed by atoms with Crippen LogP contribution in [0.15, 0.2) is 35.4 Å². The van der Waals surface area contributed by atoms with Gasteiger partial charge < -0.3 is 15.3 Å². The standard InChI is InChI=1S/C13H13N5O/c1-2-14-12-15-6-9(7-16-12)8-3-4-10-11(5-8)18-13(19)17-10/h3-7H,2H2,1H3,(H,14,15,16)(H2,17,18,19). The number of aromatic nitrogens is 4. The van der Waals surface area contributed by atoms with Gasteiger partial charge in [-0.2, -0.15) is 0 Å². The molecule has 0 atom stereocenters. The van der Waals surface area contributed by atoms with Gasteiger partial charge >= 0.3 is 5.69 Å². The van der Waals surface area contributed by atoms with Crippen molar-refractivity contribution in [3.8, 4) is 11.1 Å². The maximum Gasteiger partial charge on any atom is 0.323 e. The minimum Gasteiger partial charge on any atom is -0.355 e. The first-order chi connectivity index (χ1) is 9.26. The highest BCUT2D eigenvalue weighted by atomic mass is 16.1. The van der Waals surface area contributed by atoms with Crippen LogP contribution in [0.25, 0.3) is 22.2 Å². The summed E-state index contributed by atoms with van der Waals surface area (Å²) in [6.45, 7) is 2.78. The molecule has 0 radical (unpaired) electrons. The lowest BCUT2D eigenvalue weighted by molar-refractivity contribution is 1.09.